The number of fused-ring (bicyclic) bond motifs is 7. The fourth-order valence-corrected chi connectivity index (χ4v) is 14.4. The molecule has 10 nitrogen and oxygen atoms in total. The summed E-state index contributed by atoms with van der Waals surface area (Å²) in [5, 5.41) is 23.9. The fourth-order valence-electron chi connectivity index (χ4n) is 14.4. The Balaban J connectivity index is 0.918. The second-order valence-corrected chi connectivity index (χ2v) is 20.0. The van der Waals surface area contributed by atoms with Gasteiger partial charge >= 0.3 is 5.97 Å². The van der Waals surface area contributed by atoms with Gasteiger partial charge in [-0.1, -0.05) is 34.6 Å². The molecule has 0 aromatic carbocycles. The van der Waals surface area contributed by atoms with Gasteiger partial charge in [0.1, 0.15) is 6.04 Å². The molecule has 52 heavy (non-hydrogen) atoms. The van der Waals surface area contributed by atoms with Crippen molar-refractivity contribution in [1.29, 1.82) is 0 Å². The van der Waals surface area contributed by atoms with Gasteiger partial charge in [0.15, 0.2) is 18.2 Å². The molecule has 0 aromatic heterocycles. The lowest BCUT2D eigenvalue weighted by Crippen LogP contribution is -2.70. The monoisotopic (exact) mass is 729 g/mol. The molecule has 294 valence electrons. The van der Waals surface area contributed by atoms with E-state index in [2.05, 4.69) is 39.9 Å². The zero-order valence-electron chi connectivity index (χ0n) is 32.8. The smallest absolute Gasteiger partial charge is 0.325 e. The van der Waals surface area contributed by atoms with Gasteiger partial charge in [-0.05, 0) is 149 Å². The summed E-state index contributed by atoms with van der Waals surface area (Å²) in [4.78, 5) is 36.1. The second-order valence-electron chi connectivity index (χ2n) is 20.0. The molecule has 0 radical (unpaired) electrons. The van der Waals surface area contributed by atoms with Crippen LogP contribution in [0.4, 0.5) is 0 Å². The van der Waals surface area contributed by atoms with E-state index >= 15 is 0 Å². The third kappa shape index (κ3) is 5.84. The number of aliphatic hydroxyl groups excluding tert-OH is 1. The van der Waals surface area contributed by atoms with Gasteiger partial charge in [0, 0.05) is 24.7 Å². The summed E-state index contributed by atoms with van der Waals surface area (Å²) in [5.74, 6) is 1.92. The zero-order valence-corrected chi connectivity index (χ0v) is 32.8. The van der Waals surface area contributed by atoms with Crippen LogP contribution in [0.1, 0.15) is 138 Å². The van der Waals surface area contributed by atoms with Gasteiger partial charge in [-0.25, -0.2) is 9.78 Å². The van der Waals surface area contributed by atoms with Crippen LogP contribution >= 0.6 is 0 Å². The van der Waals surface area contributed by atoms with Gasteiger partial charge in [0.25, 0.3) is 0 Å². The van der Waals surface area contributed by atoms with Gasteiger partial charge in [-0.15, -0.1) is 0 Å². The molecule has 10 unspecified atom stereocenters. The number of carbonyl (C=O) groups excluding carboxylic acids is 1. The summed E-state index contributed by atoms with van der Waals surface area (Å²) < 4.78 is 20.5. The number of hydrogen-bond acceptors (Lipinski definition) is 8. The maximum Gasteiger partial charge on any atom is 0.325 e. The second kappa shape index (κ2) is 13.4. The summed E-state index contributed by atoms with van der Waals surface area (Å²) in [6.45, 7) is 15.4. The number of nitrogens with one attached hydrogen (secondary N) is 1. The first-order valence-corrected chi connectivity index (χ1v) is 21.2. The van der Waals surface area contributed by atoms with E-state index in [0.717, 1.165) is 70.6 Å². The summed E-state index contributed by atoms with van der Waals surface area (Å²) in [5.41, 5.74) is -0.238. The average Bonchev–Trinajstić information content (AvgIpc) is 3.29. The molecule has 2 bridgehead atoms. The van der Waals surface area contributed by atoms with Crippen LogP contribution in [0.2, 0.25) is 0 Å². The van der Waals surface area contributed by atoms with Crippen molar-refractivity contribution in [3.8, 4) is 0 Å². The van der Waals surface area contributed by atoms with Gasteiger partial charge in [-0.2, -0.15) is 0 Å². The molecular formula is C42H67NO9. The summed E-state index contributed by atoms with van der Waals surface area (Å²) >= 11 is 0. The Hall–Kier alpha value is -1.30. The average molecular weight is 730 g/mol. The lowest BCUT2D eigenvalue weighted by molar-refractivity contribution is -0.578. The third-order valence-corrected chi connectivity index (χ3v) is 17.4. The number of amides is 1. The van der Waals surface area contributed by atoms with Gasteiger partial charge < -0.3 is 29.7 Å². The molecule has 4 saturated heterocycles. The van der Waals surface area contributed by atoms with Crippen molar-refractivity contribution < 1.29 is 43.8 Å². The van der Waals surface area contributed by atoms with Crippen molar-refractivity contribution >= 4 is 11.9 Å². The van der Waals surface area contributed by atoms with E-state index in [1.807, 2.05) is 6.92 Å². The standard InChI is InChI=1S/C42H67NO9/c1-22(9-13-34(45)43-25(4)36(46)47)28-11-12-31-35-32(15-18-40(28,31)6)39(5)17-14-27(20-26(39)21-33(35)44)48-37-24(3)30-10-8-23(2)29-16-19-41(7)50-38(49-37)42(29,30)52-51-41/h22-33,35,37-38,44H,8-21H2,1-7H3,(H,43,45)(H,46,47)/t22-,23-,24-,25?,26?,27-,28-,29?,30?,31?,32?,33-,35?,37?,38?,39+,40-,41?,42-/m1/s1. The van der Waals surface area contributed by atoms with E-state index in [-0.39, 0.29) is 47.1 Å². The molecule has 1 amide bonds. The molecule has 9 rings (SSSR count). The Morgan fingerprint density at radius 2 is 1.58 bits per heavy atom. The zero-order chi connectivity index (χ0) is 37.0. The number of aliphatic carboxylic acids is 1. The van der Waals surface area contributed by atoms with E-state index in [1.54, 1.807) is 0 Å². The first kappa shape index (κ1) is 37.6. The van der Waals surface area contributed by atoms with Crippen LogP contribution in [0.15, 0.2) is 0 Å². The maximum atomic E-state index is 12.5. The largest absolute Gasteiger partial charge is 0.480 e. The van der Waals surface area contributed by atoms with Crippen molar-refractivity contribution in [3.05, 3.63) is 0 Å². The molecular weight excluding hydrogens is 662 g/mol. The number of carboxylic acids is 1. The molecule has 9 fully saturated rings. The minimum atomic E-state index is -1.01. The van der Waals surface area contributed by atoms with E-state index in [4.69, 9.17) is 24.0 Å². The molecule has 5 aliphatic carbocycles. The molecule has 3 N–H and O–H groups in total. The van der Waals surface area contributed by atoms with Crippen LogP contribution in [0.25, 0.3) is 0 Å². The number of hydrogen-bond donors (Lipinski definition) is 3. The molecule has 4 heterocycles. The lowest BCUT2D eigenvalue weighted by atomic mass is 9.43. The summed E-state index contributed by atoms with van der Waals surface area (Å²) in [6, 6.07) is -0.869. The van der Waals surface area contributed by atoms with Crippen LogP contribution < -0.4 is 5.32 Å². The topological polar surface area (TPSA) is 133 Å². The number of ether oxygens (including phenoxy) is 3. The Labute approximate surface area is 311 Å². The molecule has 5 saturated carbocycles. The first-order chi connectivity index (χ1) is 24.6. The van der Waals surface area contributed by atoms with Crippen LogP contribution in [0, 0.1) is 70.0 Å². The van der Waals surface area contributed by atoms with Gasteiger partial charge in [0.05, 0.1) is 12.2 Å². The quantitative estimate of drug-likeness (QED) is 0.175. The molecule has 4 aliphatic heterocycles. The van der Waals surface area contributed by atoms with Gasteiger partial charge in [0.2, 0.25) is 11.7 Å². The molecule has 19 atom stereocenters. The summed E-state index contributed by atoms with van der Waals surface area (Å²) in [6.07, 6.45) is 12.7. The SMILES string of the molecule is CC(NC(=O)CC[C@@H](C)[C@H]1CCC2C3C(CC[C@@]21C)[C@@]1(C)CC[C@@H](OC2OC4OC5(C)CCC6[C@H](C)CCC([C@H]2C)[C@@]46OO5)CC1C[C@H]3O)C(=O)O. The van der Waals surface area contributed by atoms with Crippen molar-refractivity contribution in [1.82, 2.24) is 5.32 Å². The molecule has 1 spiro atoms. The third-order valence-electron chi connectivity index (χ3n) is 17.4. The molecule has 10 heteroatoms. The summed E-state index contributed by atoms with van der Waals surface area (Å²) in [7, 11) is 0. The number of rotatable bonds is 8. The Kier molecular flexibility index (Phi) is 9.71. The predicted octanol–water partition coefficient (Wildman–Crippen LogP) is 7.21. The number of aliphatic hydroxyl groups is 1. The highest BCUT2D eigenvalue weighted by Crippen LogP contribution is 2.69. The number of carboxylic acid groups (broad SMARTS) is 1. The van der Waals surface area contributed by atoms with Gasteiger partial charge in [-0.3, -0.25) is 9.59 Å². The Morgan fingerprint density at radius 3 is 2.35 bits per heavy atom. The van der Waals surface area contributed by atoms with E-state index in [0.29, 0.717) is 53.8 Å². The minimum Gasteiger partial charge on any atom is -0.480 e. The minimum absolute atomic E-state index is 0.0959. The lowest BCUT2D eigenvalue weighted by Gasteiger charge is -2.63. The van der Waals surface area contributed by atoms with Crippen LogP contribution in [0.5, 0.6) is 0 Å². The van der Waals surface area contributed by atoms with Crippen LogP contribution in [-0.2, 0) is 33.6 Å². The Morgan fingerprint density at radius 1 is 0.865 bits per heavy atom. The fraction of sp³-hybridized carbons (Fsp3) is 0.952. The highest BCUT2D eigenvalue weighted by molar-refractivity contribution is 5.83. The van der Waals surface area contributed by atoms with Crippen LogP contribution in [-0.4, -0.2) is 64.3 Å². The van der Waals surface area contributed by atoms with E-state index in [9.17, 15) is 19.8 Å². The highest BCUT2D eigenvalue weighted by Gasteiger charge is 2.70. The first-order valence-electron chi connectivity index (χ1n) is 21.2. The van der Waals surface area contributed by atoms with E-state index in [1.165, 1.54) is 19.8 Å². The van der Waals surface area contributed by atoms with Crippen molar-refractivity contribution in [3.63, 3.8) is 0 Å². The van der Waals surface area contributed by atoms with Crippen molar-refractivity contribution in [2.24, 2.45) is 70.0 Å². The molecule has 0 aromatic rings. The normalized spacial score (nSPS) is 53.3. The van der Waals surface area contributed by atoms with E-state index < -0.39 is 29.7 Å². The Bertz CT molecular complexity index is 1380. The molecule has 9 aliphatic rings. The van der Waals surface area contributed by atoms with Crippen LogP contribution in [0.3, 0.4) is 0 Å². The predicted molar refractivity (Wildman–Crippen MR) is 192 cm³/mol. The number of carbonyl (C=O) groups is 2. The maximum absolute atomic E-state index is 12.5. The van der Waals surface area contributed by atoms with Crippen molar-refractivity contribution in [2.45, 2.75) is 181 Å². The van der Waals surface area contributed by atoms with Crippen molar-refractivity contribution in [2.75, 3.05) is 0 Å². The highest BCUT2D eigenvalue weighted by atomic mass is 17.3.